The van der Waals surface area contributed by atoms with Gasteiger partial charge in [-0.15, -0.1) is 0 Å². The quantitative estimate of drug-likeness (QED) is 0.619. The molecule has 3 heteroatoms. The van der Waals surface area contributed by atoms with Gasteiger partial charge in [0.2, 0.25) is 5.90 Å². The average molecular weight is 295 g/mol. The minimum Gasteiger partial charge on any atom is -0.475 e. The van der Waals surface area contributed by atoms with E-state index < -0.39 is 0 Å². The Bertz CT molecular complexity index is 490. The summed E-state index contributed by atoms with van der Waals surface area (Å²) in [6.07, 6.45) is 2.28. The Morgan fingerprint density at radius 3 is 2.27 bits per heavy atom. The average Bonchev–Trinajstić information content (AvgIpc) is 2.79. The third kappa shape index (κ3) is 6.19. The number of aryl methyl sites for hydroxylation is 1. The maximum Gasteiger partial charge on any atom is 1.00 e. The van der Waals surface area contributed by atoms with Gasteiger partial charge in [-0.2, -0.15) is 6.42 Å². The third-order valence-electron chi connectivity index (χ3n) is 3.47. The summed E-state index contributed by atoms with van der Waals surface area (Å²) in [5.74, 6) is 1.36. The Kier molecular flexibility index (Phi) is 9.13. The van der Waals surface area contributed by atoms with Crippen molar-refractivity contribution in [3.63, 3.8) is 0 Å². The van der Waals surface area contributed by atoms with Gasteiger partial charge in [-0.25, -0.2) is 4.99 Å². The second kappa shape index (κ2) is 9.43. The van der Waals surface area contributed by atoms with Crippen LogP contribution < -0.4 is 18.9 Å². The smallest absolute Gasteiger partial charge is 0.475 e. The zero-order valence-electron chi connectivity index (χ0n) is 15.5. The number of aliphatic imine (C=N–C) groups is 1. The maximum atomic E-state index is 5.69. The number of rotatable bonds is 3. The van der Waals surface area contributed by atoms with Crippen molar-refractivity contribution < 1.29 is 23.6 Å². The van der Waals surface area contributed by atoms with Crippen molar-refractivity contribution in [3.05, 3.63) is 41.8 Å². The van der Waals surface area contributed by atoms with E-state index in [0.29, 0.717) is 12.5 Å². The summed E-state index contributed by atoms with van der Waals surface area (Å²) in [6, 6.07) is 6.53. The van der Waals surface area contributed by atoms with Crippen LogP contribution >= 0.6 is 0 Å². The molecule has 0 aromatic heterocycles. The van der Waals surface area contributed by atoms with Gasteiger partial charge in [0.15, 0.2) is 0 Å². The normalized spacial score (nSPS) is 15.4. The molecule has 0 bridgehead atoms. The summed E-state index contributed by atoms with van der Waals surface area (Å²) in [6.45, 7) is 17.1. The summed E-state index contributed by atoms with van der Waals surface area (Å²) >= 11 is 0. The molecule has 1 aliphatic heterocycles. The topological polar surface area (TPSA) is 21.6 Å². The molecule has 0 aliphatic carbocycles. The third-order valence-corrected chi connectivity index (χ3v) is 3.47. The first kappa shape index (κ1) is 21.3. The fraction of sp³-hybridized carbons (Fsp3) is 0.579. The number of unbranched alkanes of at least 4 members (excludes halogenated alkanes) is 1. The molecule has 1 heterocycles. The van der Waals surface area contributed by atoms with Crippen molar-refractivity contribution in [2.45, 2.75) is 65.8 Å². The summed E-state index contributed by atoms with van der Waals surface area (Å²) < 4.78 is 5.69. The molecule has 0 saturated carbocycles. The maximum absolute atomic E-state index is 5.69. The van der Waals surface area contributed by atoms with Gasteiger partial charge >= 0.3 is 18.9 Å². The predicted molar refractivity (Wildman–Crippen MR) is 92.1 cm³/mol. The zero-order valence-corrected chi connectivity index (χ0v) is 15.5. The molecule has 2 nitrogen and oxygen atoms in total. The SMILES string of the molecule is Cc1cc(C(C)C)ccc1C1=NC(C)(C)CO1.[CH2-]CCC.[Li+]. The molecule has 22 heavy (non-hydrogen) atoms. The molecule has 118 valence electrons. The van der Waals surface area contributed by atoms with Gasteiger partial charge in [-0.05, 0) is 43.9 Å². The molecule has 1 aromatic rings. The molecule has 0 saturated heterocycles. The van der Waals surface area contributed by atoms with E-state index in [1.54, 1.807) is 0 Å². The van der Waals surface area contributed by atoms with Crippen LogP contribution in [0.4, 0.5) is 0 Å². The fourth-order valence-electron chi connectivity index (χ4n) is 2.01. The van der Waals surface area contributed by atoms with Crippen molar-refractivity contribution in [1.29, 1.82) is 0 Å². The Balaban J connectivity index is 0.000000791. The Labute approximate surface area is 148 Å². The molecule has 1 aliphatic rings. The van der Waals surface area contributed by atoms with Crippen LogP contribution in [-0.2, 0) is 4.74 Å². The number of benzene rings is 1. The monoisotopic (exact) mass is 295 g/mol. The number of ether oxygens (including phenoxy) is 1. The van der Waals surface area contributed by atoms with Gasteiger partial charge in [0.25, 0.3) is 0 Å². The number of hydrogen-bond donors (Lipinski definition) is 0. The molecule has 0 N–H and O–H groups in total. The summed E-state index contributed by atoms with van der Waals surface area (Å²) in [4.78, 5) is 4.62. The second-order valence-electron chi connectivity index (χ2n) is 6.60. The van der Waals surface area contributed by atoms with Crippen LogP contribution in [0.15, 0.2) is 23.2 Å². The van der Waals surface area contributed by atoms with Crippen molar-refractivity contribution in [2.24, 2.45) is 4.99 Å². The molecule has 1 aromatic carbocycles. The van der Waals surface area contributed by atoms with E-state index in [4.69, 9.17) is 4.74 Å². The molecular weight excluding hydrogens is 265 g/mol. The van der Waals surface area contributed by atoms with Gasteiger partial charge in [0.1, 0.15) is 6.61 Å². The first-order valence-corrected chi connectivity index (χ1v) is 7.93. The van der Waals surface area contributed by atoms with E-state index >= 15 is 0 Å². The standard InChI is InChI=1S/C15H21NO.C4H9.Li/c1-10(2)12-6-7-13(11(3)8-12)14-16-15(4,5)9-17-14;1-3-4-2;/h6-8,10H,9H2,1-5H3;1,3-4H2,2H3;/q;-1;+1. The van der Waals surface area contributed by atoms with Crippen molar-refractivity contribution in [1.82, 2.24) is 0 Å². The number of nitrogens with zero attached hydrogens (tertiary/aromatic N) is 1. The van der Waals surface area contributed by atoms with Crippen LogP contribution in [0.1, 0.15) is 70.1 Å². The Hall–Kier alpha value is -0.713. The first-order chi connectivity index (χ1) is 9.80. The largest absolute Gasteiger partial charge is 1.00 e. The van der Waals surface area contributed by atoms with Crippen LogP contribution in [0.25, 0.3) is 0 Å². The summed E-state index contributed by atoms with van der Waals surface area (Å²) in [5.41, 5.74) is 3.65. The van der Waals surface area contributed by atoms with E-state index in [0.717, 1.165) is 17.9 Å². The molecule has 0 unspecified atom stereocenters. The van der Waals surface area contributed by atoms with Crippen molar-refractivity contribution in [3.8, 4) is 0 Å². The molecular formula is C19H30LiNO. The van der Waals surface area contributed by atoms with Gasteiger partial charge in [-0.1, -0.05) is 39.3 Å². The molecule has 0 spiro atoms. The fourth-order valence-corrected chi connectivity index (χ4v) is 2.01. The number of hydrogen-bond acceptors (Lipinski definition) is 2. The predicted octanol–water partition coefficient (Wildman–Crippen LogP) is 2.30. The summed E-state index contributed by atoms with van der Waals surface area (Å²) in [7, 11) is 0. The molecule has 0 atom stereocenters. The van der Waals surface area contributed by atoms with Gasteiger partial charge < -0.3 is 11.7 Å². The Morgan fingerprint density at radius 2 is 1.91 bits per heavy atom. The van der Waals surface area contributed by atoms with Gasteiger partial charge in [-0.3, -0.25) is 0 Å². The van der Waals surface area contributed by atoms with E-state index in [2.05, 4.69) is 71.7 Å². The minimum absolute atomic E-state index is 0. The van der Waals surface area contributed by atoms with Crippen molar-refractivity contribution >= 4 is 5.90 Å². The van der Waals surface area contributed by atoms with E-state index in [9.17, 15) is 0 Å². The Morgan fingerprint density at radius 1 is 1.32 bits per heavy atom. The van der Waals surface area contributed by atoms with E-state index in [1.165, 1.54) is 17.5 Å². The molecule has 0 amide bonds. The molecule has 0 radical (unpaired) electrons. The molecule has 2 rings (SSSR count). The zero-order chi connectivity index (χ0) is 16.0. The van der Waals surface area contributed by atoms with Crippen LogP contribution in [0.5, 0.6) is 0 Å². The minimum atomic E-state index is -0.0848. The van der Waals surface area contributed by atoms with Crippen molar-refractivity contribution in [2.75, 3.05) is 6.61 Å². The van der Waals surface area contributed by atoms with E-state index in [1.807, 2.05) is 0 Å². The van der Waals surface area contributed by atoms with E-state index in [-0.39, 0.29) is 24.4 Å². The summed E-state index contributed by atoms with van der Waals surface area (Å²) in [5, 5.41) is 0. The first-order valence-electron chi connectivity index (χ1n) is 7.93. The second-order valence-corrected chi connectivity index (χ2v) is 6.60. The van der Waals surface area contributed by atoms with Crippen LogP contribution in [0.3, 0.4) is 0 Å². The van der Waals surface area contributed by atoms with Gasteiger partial charge in [0.05, 0.1) is 5.54 Å². The molecule has 0 fully saturated rings. The van der Waals surface area contributed by atoms with Crippen LogP contribution in [0.2, 0.25) is 0 Å². The van der Waals surface area contributed by atoms with Crippen LogP contribution in [-0.4, -0.2) is 18.0 Å². The van der Waals surface area contributed by atoms with Gasteiger partial charge in [0, 0.05) is 5.56 Å². The van der Waals surface area contributed by atoms with Crippen LogP contribution in [0, 0.1) is 13.8 Å².